The van der Waals surface area contributed by atoms with Crippen LogP contribution in [0.4, 0.5) is 5.69 Å². The number of carbonyl (C=O) groups is 1. The van der Waals surface area contributed by atoms with Gasteiger partial charge in [0.25, 0.3) is 0 Å². The van der Waals surface area contributed by atoms with E-state index in [9.17, 15) is 4.79 Å². The Morgan fingerprint density at radius 3 is 2.88 bits per heavy atom. The lowest BCUT2D eigenvalue weighted by Gasteiger charge is -2.41. The summed E-state index contributed by atoms with van der Waals surface area (Å²) in [5, 5.41) is 4.89. The van der Waals surface area contributed by atoms with E-state index in [0.29, 0.717) is 6.42 Å². The molecule has 24 heavy (non-hydrogen) atoms. The van der Waals surface area contributed by atoms with Crippen molar-refractivity contribution in [2.75, 3.05) is 24.5 Å². The number of piperazine rings is 1. The number of aryl methyl sites for hydroxylation is 2. The van der Waals surface area contributed by atoms with E-state index in [1.54, 1.807) is 4.68 Å². The fraction of sp³-hybridized carbons (Fsp3) is 0.444. The molecule has 0 saturated carbocycles. The summed E-state index contributed by atoms with van der Waals surface area (Å²) in [6, 6.07) is 8.09. The van der Waals surface area contributed by atoms with Crippen LogP contribution in [0.15, 0.2) is 36.7 Å². The van der Waals surface area contributed by atoms with Crippen LogP contribution in [0.5, 0.6) is 0 Å². The van der Waals surface area contributed by atoms with Gasteiger partial charge in [-0.1, -0.05) is 17.7 Å². The van der Waals surface area contributed by atoms with Gasteiger partial charge in [-0.15, -0.1) is 0 Å². The van der Waals surface area contributed by atoms with Crippen LogP contribution in [0, 0.1) is 0 Å². The third-order valence-electron chi connectivity index (χ3n) is 4.51. The van der Waals surface area contributed by atoms with Gasteiger partial charge in [-0.05, 0) is 37.1 Å². The lowest BCUT2D eigenvalue weighted by Crippen LogP contribution is -2.54. The van der Waals surface area contributed by atoms with Crippen molar-refractivity contribution in [3.05, 3.63) is 47.2 Å². The smallest absolute Gasteiger partial charge is 0.223 e. The first-order valence-corrected chi connectivity index (χ1v) is 8.68. The maximum Gasteiger partial charge on any atom is 0.223 e. The van der Waals surface area contributed by atoms with Crippen molar-refractivity contribution in [2.24, 2.45) is 7.05 Å². The maximum atomic E-state index is 12.5. The van der Waals surface area contributed by atoms with E-state index in [1.807, 2.05) is 42.5 Å². The highest BCUT2D eigenvalue weighted by Crippen LogP contribution is 2.23. The average molecular weight is 347 g/mol. The number of anilines is 1. The standard InChI is InChI=1S/C18H23ClN4O/c1-14-12-22(17-5-3-4-16(19)10-17)8-9-23(14)18(24)7-6-15-11-20-21(2)13-15/h3-5,10-11,13-14H,6-9,12H2,1-2H3/t14-/m0/s1. The zero-order valence-corrected chi connectivity index (χ0v) is 14.9. The number of aromatic nitrogens is 2. The number of rotatable bonds is 4. The van der Waals surface area contributed by atoms with Gasteiger partial charge >= 0.3 is 0 Å². The van der Waals surface area contributed by atoms with Crippen LogP contribution in [0.25, 0.3) is 0 Å². The highest BCUT2D eigenvalue weighted by Gasteiger charge is 2.27. The van der Waals surface area contributed by atoms with Gasteiger partial charge in [-0.25, -0.2) is 0 Å². The summed E-state index contributed by atoms with van der Waals surface area (Å²) in [5.74, 6) is 0.220. The minimum atomic E-state index is 0.194. The second-order valence-corrected chi connectivity index (χ2v) is 6.82. The second-order valence-electron chi connectivity index (χ2n) is 6.38. The molecule has 1 aliphatic rings. The lowest BCUT2D eigenvalue weighted by atomic mass is 10.1. The molecule has 0 N–H and O–H groups in total. The van der Waals surface area contributed by atoms with Gasteiger partial charge in [0.2, 0.25) is 5.91 Å². The molecule has 0 spiro atoms. The van der Waals surface area contributed by atoms with Crippen molar-refractivity contribution >= 4 is 23.2 Å². The van der Waals surface area contributed by atoms with Crippen LogP contribution in [-0.4, -0.2) is 46.3 Å². The fourth-order valence-corrected chi connectivity index (χ4v) is 3.42. The average Bonchev–Trinajstić information content (AvgIpc) is 2.98. The van der Waals surface area contributed by atoms with Gasteiger partial charge in [0.15, 0.2) is 0 Å². The molecule has 5 nitrogen and oxygen atoms in total. The topological polar surface area (TPSA) is 41.4 Å². The second kappa shape index (κ2) is 7.26. The summed E-state index contributed by atoms with van der Waals surface area (Å²) in [6.45, 7) is 4.53. The normalized spacial score (nSPS) is 18.0. The zero-order valence-electron chi connectivity index (χ0n) is 14.2. The largest absolute Gasteiger partial charge is 0.368 e. The Balaban J connectivity index is 1.56. The Morgan fingerprint density at radius 2 is 2.21 bits per heavy atom. The van der Waals surface area contributed by atoms with Crippen LogP contribution in [-0.2, 0) is 18.3 Å². The van der Waals surface area contributed by atoms with Crippen LogP contribution in [0.2, 0.25) is 5.02 Å². The van der Waals surface area contributed by atoms with Crippen molar-refractivity contribution in [3.8, 4) is 0 Å². The van der Waals surface area contributed by atoms with Crippen LogP contribution >= 0.6 is 11.6 Å². The first-order valence-electron chi connectivity index (χ1n) is 8.30. The predicted octanol–water partition coefficient (Wildman–Crippen LogP) is 2.74. The van der Waals surface area contributed by atoms with Gasteiger partial charge in [-0.2, -0.15) is 5.10 Å². The molecular formula is C18H23ClN4O. The number of amides is 1. The molecule has 0 bridgehead atoms. The number of benzene rings is 1. The summed E-state index contributed by atoms with van der Waals surface area (Å²) >= 11 is 6.08. The predicted molar refractivity (Wildman–Crippen MR) is 96.4 cm³/mol. The molecule has 3 rings (SSSR count). The molecule has 0 unspecified atom stereocenters. The van der Waals surface area contributed by atoms with E-state index >= 15 is 0 Å². The first kappa shape index (κ1) is 16.8. The van der Waals surface area contributed by atoms with E-state index in [2.05, 4.69) is 23.0 Å². The molecular weight excluding hydrogens is 324 g/mol. The van der Waals surface area contributed by atoms with Gasteiger partial charge in [-0.3, -0.25) is 9.48 Å². The molecule has 1 atom stereocenters. The van der Waals surface area contributed by atoms with Crippen molar-refractivity contribution in [3.63, 3.8) is 0 Å². The molecule has 6 heteroatoms. The summed E-state index contributed by atoms with van der Waals surface area (Å²) in [4.78, 5) is 16.8. The molecule has 0 aliphatic carbocycles. The number of carbonyl (C=O) groups excluding carboxylic acids is 1. The summed E-state index contributed by atoms with van der Waals surface area (Å²) < 4.78 is 1.77. The molecule has 1 amide bonds. The van der Waals surface area contributed by atoms with E-state index in [1.165, 1.54) is 0 Å². The van der Waals surface area contributed by atoms with E-state index < -0.39 is 0 Å². The molecule has 2 heterocycles. The summed E-state index contributed by atoms with van der Waals surface area (Å²) in [7, 11) is 1.89. The van der Waals surface area contributed by atoms with E-state index in [-0.39, 0.29) is 11.9 Å². The zero-order chi connectivity index (χ0) is 17.1. The SMILES string of the molecule is C[C@H]1CN(c2cccc(Cl)c2)CCN1C(=O)CCc1cnn(C)c1. The van der Waals surface area contributed by atoms with Gasteiger partial charge in [0.1, 0.15) is 0 Å². The third kappa shape index (κ3) is 3.90. The maximum absolute atomic E-state index is 12.5. The molecule has 1 fully saturated rings. The van der Waals surface area contributed by atoms with Crippen LogP contribution in [0.3, 0.4) is 0 Å². The Kier molecular flexibility index (Phi) is 5.09. The monoisotopic (exact) mass is 346 g/mol. The number of hydrogen-bond donors (Lipinski definition) is 0. The minimum Gasteiger partial charge on any atom is -0.368 e. The third-order valence-corrected chi connectivity index (χ3v) is 4.74. The first-order chi connectivity index (χ1) is 11.5. The fourth-order valence-electron chi connectivity index (χ4n) is 3.23. The number of hydrogen-bond acceptors (Lipinski definition) is 3. The molecule has 1 aromatic carbocycles. The highest BCUT2D eigenvalue weighted by atomic mass is 35.5. The number of halogens is 1. The van der Waals surface area contributed by atoms with Crippen molar-refractivity contribution < 1.29 is 4.79 Å². The van der Waals surface area contributed by atoms with Crippen LogP contribution < -0.4 is 4.90 Å². The Labute approximate surface area is 147 Å². The van der Waals surface area contributed by atoms with Gasteiger partial charge < -0.3 is 9.80 Å². The van der Waals surface area contributed by atoms with E-state index in [0.717, 1.165) is 42.3 Å². The van der Waals surface area contributed by atoms with Crippen molar-refractivity contribution in [1.29, 1.82) is 0 Å². The molecule has 1 aromatic heterocycles. The minimum absolute atomic E-state index is 0.194. The molecule has 1 saturated heterocycles. The van der Waals surface area contributed by atoms with E-state index in [4.69, 9.17) is 11.6 Å². The lowest BCUT2D eigenvalue weighted by molar-refractivity contribution is -0.133. The molecule has 128 valence electrons. The quantitative estimate of drug-likeness (QED) is 0.854. The van der Waals surface area contributed by atoms with Crippen LogP contribution in [0.1, 0.15) is 18.9 Å². The summed E-state index contributed by atoms with van der Waals surface area (Å²) in [5.41, 5.74) is 2.23. The number of nitrogens with zero attached hydrogens (tertiary/aromatic N) is 4. The molecule has 1 aliphatic heterocycles. The molecule has 2 aromatic rings. The summed E-state index contributed by atoms with van der Waals surface area (Å²) in [6.07, 6.45) is 5.07. The Morgan fingerprint density at radius 1 is 1.38 bits per heavy atom. The van der Waals surface area contributed by atoms with Crippen molar-refractivity contribution in [2.45, 2.75) is 25.8 Å². The Hall–Kier alpha value is -2.01. The highest BCUT2D eigenvalue weighted by molar-refractivity contribution is 6.30. The Bertz CT molecular complexity index is 715. The van der Waals surface area contributed by atoms with Gasteiger partial charge in [0, 0.05) is 56.1 Å². The van der Waals surface area contributed by atoms with Gasteiger partial charge in [0.05, 0.1) is 6.20 Å². The van der Waals surface area contributed by atoms with Crippen molar-refractivity contribution in [1.82, 2.24) is 14.7 Å². The molecule has 0 radical (unpaired) electrons.